The molecule has 2 rings (SSSR count). The van der Waals surface area contributed by atoms with Gasteiger partial charge in [0, 0.05) is 24.3 Å². The van der Waals surface area contributed by atoms with E-state index in [0.29, 0.717) is 18.3 Å². The Hall–Kier alpha value is -1.23. The van der Waals surface area contributed by atoms with Gasteiger partial charge in [-0.15, -0.1) is 0 Å². The summed E-state index contributed by atoms with van der Waals surface area (Å²) in [5, 5.41) is 3.20. The van der Waals surface area contributed by atoms with E-state index in [1.165, 1.54) is 6.07 Å². The summed E-state index contributed by atoms with van der Waals surface area (Å²) in [6.07, 6.45) is -2.56. The highest BCUT2D eigenvalue weighted by molar-refractivity contribution is 5.56. The summed E-state index contributed by atoms with van der Waals surface area (Å²) >= 11 is 0. The number of nitrogens with one attached hydrogen (secondary N) is 1. The van der Waals surface area contributed by atoms with Crippen LogP contribution < -0.4 is 10.2 Å². The van der Waals surface area contributed by atoms with E-state index in [2.05, 4.69) is 5.32 Å². The number of piperidine rings is 1. The predicted molar refractivity (Wildman–Crippen MR) is 70.3 cm³/mol. The number of hydrogen-bond donors (Lipinski definition) is 1. The van der Waals surface area contributed by atoms with E-state index < -0.39 is 11.7 Å². The Balaban J connectivity index is 2.28. The summed E-state index contributed by atoms with van der Waals surface area (Å²) in [6.45, 7) is 2.64. The molecule has 1 saturated heterocycles. The molecule has 1 aliphatic rings. The van der Waals surface area contributed by atoms with E-state index in [1.54, 1.807) is 12.1 Å². The lowest BCUT2D eigenvalue weighted by Crippen LogP contribution is -2.47. The highest BCUT2D eigenvalue weighted by atomic mass is 19.4. The van der Waals surface area contributed by atoms with Crippen molar-refractivity contribution in [3.63, 3.8) is 0 Å². The summed E-state index contributed by atoms with van der Waals surface area (Å²) in [5.74, 6) is 0. The van der Waals surface area contributed by atoms with Crippen LogP contribution in [0, 0.1) is 0 Å². The lowest BCUT2D eigenvalue weighted by atomic mass is 9.96. The number of benzene rings is 1. The van der Waals surface area contributed by atoms with Gasteiger partial charge in [-0.1, -0.05) is 12.1 Å². The van der Waals surface area contributed by atoms with Crippen molar-refractivity contribution in [2.24, 2.45) is 0 Å². The second-order valence-electron chi connectivity index (χ2n) is 5.07. The van der Waals surface area contributed by atoms with Crippen LogP contribution in [0.2, 0.25) is 0 Å². The zero-order chi connectivity index (χ0) is 14.0. The predicted octanol–water partition coefficient (Wildman–Crippen LogP) is 3.28. The number of para-hydroxylation sites is 1. The lowest BCUT2D eigenvalue weighted by Gasteiger charge is -2.40. The van der Waals surface area contributed by atoms with Gasteiger partial charge < -0.3 is 10.2 Å². The number of rotatable bonds is 2. The maximum absolute atomic E-state index is 13.0. The fourth-order valence-corrected chi connectivity index (χ4v) is 2.76. The molecule has 1 aliphatic heterocycles. The summed E-state index contributed by atoms with van der Waals surface area (Å²) < 4.78 is 39.1. The van der Waals surface area contributed by atoms with Gasteiger partial charge in [0.15, 0.2) is 0 Å². The molecule has 1 aromatic rings. The molecule has 1 heterocycles. The molecule has 0 radical (unpaired) electrons. The van der Waals surface area contributed by atoms with Crippen molar-refractivity contribution in [3.8, 4) is 0 Å². The molecule has 2 atom stereocenters. The zero-order valence-corrected chi connectivity index (χ0v) is 11.2. The van der Waals surface area contributed by atoms with Crippen LogP contribution in [-0.2, 0) is 6.18 Å². The molecule has 0 spiro atoms. The topological polar surface area (TPSA) is 15.3 Å². The molecule has 0 amide bonds. The molecule has 106 valence electrons. The van der Waals surface area contributed by atoms with Crippen LogP contribution in [0.15, 0.2) is 24.3 Å². The number of halogens is 3. The molecular weight excluding hydrogens is 253 g/mol. The van der Waals surface area contributed by atoms with Crippen LogP contribution in [0.25, 0.3) is 0 Å². The molecule has 0 aromatic heterocycles. The Morgan fingerprint density at radius 2 is 1.95 bits per heavy atom. The number of alkyl halides is 3. The molecule has 5 heteroatoms. The standard InChI is InChI=1S/C14H19F3N2/c1-10-9-11(18-2)7-8-19(10)13-6-4-3-5-12(13)14(15,16)17/h3-6,10-11,18H,7-9H2,1-2H3. The van der Waals surface area contributed by atoms with Crippen molar-refractivity contribution in [2.75, 3.05) is 18.5 Å². The van der Waals surface area contributed by atoms with Crippen LogP contribution in [-0.4, -0.2) is 25.7 Å². The van der Waals surface area contributed by atoms with Gasteiger partial charge in [0.05, 0.1) is 5.56 Å². The third kappa shape index (κ3) is 3.03. The lowest BCUT2D eigenvalue weighted by molar-refractivity contribution is -0.137. The first-order chi connectivity index (χ1) is 8.93. The third-order valence-electron chi connectivity index (χ3n) is 3.80. The van der Waals surface area contributed by atoms with Crippen LogP contribution >= 0.6 is 0 Å². The molecule has 19 heavy (non-hydrogen) atoms. The van der Waals surface area contributed by atoms with Crippen molar-refractivity contribution in [3.05, 3.63) is 29.8 Å². The minimum Gasteiger partial charge on any atom is -0.368 e. The van der Waals surface area contributed by atoms with E-state index in [9.17, 15) is 13.2 Å². The molecule has 1 N–H and O–H groups in total. The van der Waals surface area contributed by atoms with Crippen LogP contribution in [0.1, 0.15) is 25.3 Å². The smallest absolute Gasteiger partial charge is 0.368 e. The van der Waals surface area contributed by atoms with Gasteiger partial charge in [0.1, 0.15) is 0 Å². The van der Waals surface area contributed by atoms with Gasteiger partial charge in [-0.25, -0.2) is 0 Å². The van der Waals surface area contributed by atoms with Crippen LogP contribution in [0.3, 0.4) is 0 Å². The maximum Gasteiger partial charge on any atom is 0.418 e. The quantitative estimate of drug-likeness (QED) is 0.888. The normalized spacial score (nSPS) is 24.6. The highest BCUT2D eigenvalue weighted by Gasteiger charge is 2.36. The number of hydrogen-bond acceptors (Lipinski definition) is 2. The van der Waals surface area contributed by atoms with Gasteiger partial charge >= 0.3 is 6.18 Å². The summed E-state index contributed by atoms with van der Waals surface area (Å²) in [6, 6.07) is 6.34. The van der Waals surface area contributed by atoms with E-state index in [1.807, 2.05) is 18.9 Å². The molecule has 2 nitrogen and oxygen atoms in total. The molecule has 0 aliphatic carbocycles. The first-order valence-corrected chi connectivity index (χ1v) is 6.53. The molecular formula is C14H19F3N2. The second-order valence-corrected chi connectivity index (χ2v) is 5.07. The van der Waals surface area contributed by atoms with Gasteiger partial charge in [0.25, 0.3) is 0 Å². The van der Waals surface area contributed by atoms with E-state index >= 15 is 0 Å². The largest absolute Gasteiger partial charge is 0.418 e. The maximum atomic E-state index is 13.0. The summed E-state index contributed by atoms with van der Waals surface area (Å²) in [7, 11) is 1.90. The second kappa shape index (κ2) is 5.41. The van der Waals surface area contributed by atoms with Crippen LogP contribution in [0.5, 0.6) is 0 Å². The average molecular weight is 272 g/mol. The molecule has 2 unspecified atom stereocenters. The monoisotopic (exact) mass is 272 g/mol. The Morgan fingerprint density at radius 1 is 1.26 bits per heavy atom. The number of anilines is 1. The van der Waals surface area contributed by atoms with Crippen molar-refractivity contribution in [2.45, 2.75) is 38.0 Å². The van der Waals surface area contributed by atoms with E-state index in [4.69, 9.17) is 0 Å². The minimum absolute atomic E-state index is 0.106. The minimum atomic E-state index is -4.30. The highest BCUT2D eigenvalue weighted by Crippen LogP contribution is 2.38. The molecule has 0 bridgehead atoms. The fourth-order valence-electron chi connectivity index (χ4n) is 2.76. The van der Waals surface area contributed by atoms with Gasteiger partial charge in [0.2, 0.25) is 0 Å². The Morgan fingerprint density at radius 3 is 2.53 bits per heavy atom. The SMILES string of the molecule is CNC1CCN(c2ccccc2C(F)(F)F)C(C)C1. The first-order valence-electron chi connectivity index (χ1n) is 6.53. The van der Waals surface area contributed by atoms with Crippen molar-refractivity contribution >= 4 is 5.69 Å². The van der Waals surface area contributed by atoms with Gasteiger partial charge in [-0.3, -0.25) is 0 Å². The van der Waals surface area contributed by atoms with Gasteiger partial charge in [-0.05, 0) is 38.9 Å². The third-order valence-corrected chi connectivity index (χ3v) is 3.80. The Kier molecular flexibility index (Phi) is 4.04. The fraction of sp³-hybridized carbons (Fsp3) is 0.571. The van der Waals surface area contributed by atoms with Gasteiger partial charge in [-0.2, -0.15) is 13.2 Å². The Labute approximate surface area is 111 Å². The summed E-state index contributed by atoms with van der Waals surface area (Å²) in [4.78, 5) is 1.87. The summed E-state index contributed by atoms with van der Waals surface area (Å²) in [5.41, 5.74) is -0.234. The number of nitrogens with zero attached hydrogens (tertiary/aromatic N) is 1. The zero-order valence-electron chi connectivity index (χ0n) is 11.2. The molecule has 1 aromatic carbocycles. The molecule has 0 saturated carbocycles. The van der Waals surface area contributed by atoms with E-state index in [0.717, 1.165) is 18.9 Å². The molecule has 1 fully saturated rings. The van der Waals surface area contributed by atoms with Crippen molar-refractivity contribution in [1.29, 1.82) is 0 Å². The van der Waals surface area contributed by atoms with Crippen molar-refractivity contribution < 1.29 is 13.2 Å². The van der Waals surface area contributed by atoms with Crippen molar-refractivity contribution in [1.82, 2.24) is 5.32 Å². The van der Waals surface area contributed by atoms with Crippen LogP contribution in [0.4, 0.5) is 18.9 Å². The average Bonchev–Trinajstić information content (AvgIpc) is 2.37. The first kappa shape index (κ1) is 14.2. The Bertz CT molecular complexity index is 431. The van der Waals surface area contributed by atoms with E-state index in [-0.39, 0.29) is 6.04 Å².